The van der Waals surface area contributed by atoms with E-state index in [0.717, 1.165) is 25.7 Å². The van der Waals surface area contributed by atoms with E-state index in [-0.39, 0.29) is 5.41 Å². The first-order chi connectivity index (χ1) is 10.6. The van der Waals surface area contributed by atoms with Crippen LogP contribution in [-0.4, -0.2) is 10.7 Å². The van der Waals surface area contributed by atoms with Crippen LogP contribution in [0.5, 0.6) is 0 Å². The van der Waals surface area contributed by atoms with Crippen LogP contribution in [0.2, 0.25) is 0 Å². The van der Waals surface area contributed by atoms with E-state index in [4.69, 9.17) is 6.42 Å². The predicted molar refractivity (Wildman–Crippen MR) is 88.3 cm³/mol. The lowest BCUT2D eigenvalue weighted by Gasteiger charge is -2.53. The number of terminal acetylenes is 1. The molecule has 2 fully saturated rings. The SMILES string of the molecule is C#C[C@]1(O)CC[C@H]2[C@@H]3CCc4c[c]ccc4[C@H]3CC[C@@]21CC. The highest BCUT2D eigenvalue weighted by Crippen LogP contribution is 2.65. The third-order valence-corrected chi connectivity index (χ3v) is 7.29. The van der Waals surface area contributed by atoms with Crippen molar-refractivity contribution in [1.29, 1.82) is 0 Å². The first-order valence-electron chi connectivity index (χ1n) is 8.84. The molecule has 1 nitrogen and oxygen atoms in total. The van der Waals surface area contributed by atoms with Gasteiger partial charge in [-0.15, -0.1) is 6.42 Å². The summed E-state index contributed by atoms with van der Waals surface area (Å²) in [5, 5.41) is 11.1. The van der Waals surface area contributed by atoms with Crippen molar-refractivity contribution in [2.24, 2.45) is 17.3 Å². The van der Waals surface area contributed by atoms with E-state index < -0.39 is 5.60 Å². The second kappa shape index (κ2) is 4.87. The Morgan fingerprint density at radius 2 is 2.23 bits per heavy atom. The summed E-state index contributed by atoms with van der Waals surface area (Å²) in [5.41, 5.74) is 2.14. The normalized spacial score (nSPS) is 42.9. The summed E-state index contributed by atoms with van der Waals surface area (Å²) >= 11 is 0. The molecule has 4 rings (SSSR count). The van der Waals surface area contributed by atoms with Gasteiger partial charge in [0.1, 0.15) is 5.60 Å². The summed E-state index contributed by atoms with van der Waals surface area (Å²) in [6, 6.07) is 9.77. The quantitative estimate of drug-likeness (QED) is 0.773. The van der Waals surface area contributed by atoms with Crippen LogP contribution in [-0.2, 0) is 6.42 Å². The van der Waals surface area contributed by atoms with Crippen LogP contribution in [0.25, 0.3) is 0 Å². The molecule has 1 N–H and O–H groups in total. The van der Waals surface area contributed by atoms with Gasteiger partial charge in [-0.25, -0.2) is 0 Å². The van der Waals surface area contributed by atoms with Crippen LogP contribution in [0.15, 0.2) is 18.2 Å². The Balaban J connectivity index is 1.75. The van der Waals surface area contributed by atoms with Crippen LogP contribution >= 0.6 is 0 Å². The Kier molecular flexibility index (Phi) is 3.17. The van der Waals surface area contributed by atoms with Crippen molar-refractivity contribution in [2.45, 2.75) is 63.4 Å². The number of benzene rings is 1. The zero-order valence-electron chi connectivity index (χ0n) is 13.4. The lowest BCUT2D eigenvalue weighted by Crippen LogP contribution is -2.51. The van der Waals surface area contributed by atoms with Gasteiger partial charge in [-0.3, -0.25) is 0 Å². The fraction of sp³-hybridized carbons (Fsp3) is 0.619. The fourth-order valence-electron chi connectivity index (χ4n) is 6.23. The highest BCUT2D eigenvalue weighted by atomic mass is 16.3. The zero-order chi connectivity index (χ0) is 15.4. The molecule has 22 heavy (non-hydrogen) atoms. The zero-order valence-corrected chi connectivity index (χ0v) is 13.4. The van der Waals surface area contributed by atoms with Crippen molar-refractivity contribution in [3.05, 3.63) is 35.4 Å². The van der Waals surface area contributed by atoms with Gasteiger partial charge in [-0.05, 0) is 79.9 Å². The molecule has 3 aliphatic carbocycles. The molecule has 1 radical (unpaired) electrons. The van der Waals surface area contributed by atoms with Gasteiger partial charge in [0.15, 0.2) is 0 Å². The summed E-state index contributed by atoms with van der Waals surface area (Å²) in [6.45, 7) is 2.23. The summed E-state index contributed by atoms with van der Waals surface area (Å²) in [5.74, 6) is 4.76. The fourth-order valence-corrected chi connectivity index (χ4v) is 6.23. The maximum absolute atomic E-state index is 11.1. The van der Waals surface area contributed by atoms with E-state index in [2.05, 4.69) is 37.1 Å². The molecule has 0 spiro atoms. The van der Waals surface area contributed by atoms with Gasteiger partial charge >= 0.3 is 0 Å². The molecule has 5 atom stereocenters. The number of rotatable bonds is 1. The highest BCUT2D eigenvalue weighted by molar-refractivity contribution is 5.36. The van der Waals surface area contributed by atoms with Gasteiger partial charge in [0.2, 0.25) is 0 Å². The van der Waals surface area contributed by atoms with Crippen molar-refractivity contribution >= 4 is 0 Å². The Hall–Kier alpha value is -1.26. The maximum Gasteiger partial charge on any atom is 0.131 e. The largest absolute Gasteiger partial charge is 0.377 e. The molecule has 0 heterocycles. The van der Waals surface area contributed by atoms with Crippen LogP contribution in [0.3, 0.4) is 0 Å². The minimum absolute atomic E-state index is 0.0404. The second-order valence-corrected chi connectivity index (χ2v) is 7.63. The summed E-state index contributed by atoms with van der Waals surface area (Å²) < 4.78 is 0. The predicted octanol–water partition coefficient (Wildman–Crippen LogP) is 4.10. The Bertz CT molecular complexity index is 627. The van der Waals surface area contributed by atoms with E-state index in [0.29, 0.717) is 17.8 Å². The van der Waals surface area contributed by atoms with Crippen molar-refractivity contribution in [3.8, 4) is 12.3 Å². The number of fused-ring (bicyclic) bond motifs is 5. The number of aryl methyl sites for hydroxylation is 1. The lowest BCUT2D eigenvalue weighted by atomic mass is 9.52. The molecule has 0 amide bonds. The topological polar surface area (TPSA) is 20.2 Å². The average molecular weight is 293 g/mol. The molecule has 0 aliphatic heterocycles. The molecule has 1 aromatic carbocycles. The molecular weight excluding hydrogens is 268 g/mol. The van der Waals surface area contributed by atoms with Crippen LogP contribution < -0.4 is 0 Å². The summed E-state index contributed by atoms with van der Waals surface area (Å²) in [6.07, 6.45) is 13.4. The average Bonchev–Trinajstić information content (AvgIpc) is 2.89. The lowest BCUT2D eigenvalue weighted by molar-refractivity contribution is -0.0799. The third-order valence-electron chi connectivity index (χ3n) is 7.29. The number of hydrogen-bond acceptors (Lipinski definition) is 1. The van der Waals surface area contributed by atoms with E-state index in [1.54, 1.807) is 5.56 Å². The van der Waals surface area contributed by atoms with Gasteiger partial charge in [0.05, 0.1) is 0 Å². The van der Waals surface area contributed by atoms with Crippen molar-refractivity contribution < 1.29 is 5.11 Å². The maximum atomic E-state index is 11.1. The molecule has 0 bridgehead atoms. The Labute approximate surface area is 134 Å². The smallest absolute Gasteiger partial charge is 0.131 e. The van der Waals surface area contributed by atoms with Gasteiger partial charge in [0.25, 0.3) is 0 Å². The minimum Gasteiger partial charge on any atom is -0.377 e. The second-order valence-electron chi connectivity index (χ2n) is 7.63. The van der Waals surface area contributed by atoms with Gasteiger partial charge < -0.3 is 5.11 Å². The van der Waals surface area contributed by atoms with E-state index in [1.807, 2.05) is 0 Å². The monoisotopic (exact) mass is 293 g/mol. The third kappa shape index (κ3) is 1.65. The molecule has 1 heteroatoms. The van der Waals surface area contributed by atoms with Crippen LogP contribution in [0.4, 0.5) is 0 Å². The Morgan fingerprint density at radius 3 is 3.00 bits per heavy atom. The van der Waals surface area contributed by atoms with Gasteiger partial charge in [0, 0.05) is 5.41 Å². The first kappa shape index (κ1) is 14.3. The highest BCUT2D eigenvalue weighted by Gasteiger charge is 2.62. The number of aliphatic hydroxyl groups is 1. The summed E-state index contributed by atoms with van der Waals surface area (Å²) in [4.78, 5) is 0. The molecule has 2 saturated carbocycles. The van der Waals surface area contributed by atoms with Crippen molar-refractivity contribution in [1.82, 2.24) is 0 Å². The van der Waals surface area contributed by atoms with Crippen molar-refractivity contribution in [2.75, 3.05) is 0 Å². The van der Waals surface area contributed by atoms with Gasteiger partial charge in [-0.1, -0.05) is 31.0 Å². The number of hydrogen-bond donors (Lipinski definition) is 1. The van der Waals surface area contributed by atoms with Crippen LogP contribution in [0.1, 0.15) is 62.5 Å². The van der Waals surface area contributed by atoms with E-state index in [9.17, 15) is 5.11 Å². The molecule has 1 aromatic rings. The molecule has 115 valence electrons. The van der Waals surface area contributed by atoms with Gasteiger partial charge in [-0.2, -0.15) is 0 Å². The molecule has 0 saturated heterocycles. The molecule has 3 aliphatic rings. The standard InChI is InChI=1S/C21H25O/c1-3-20-13-11-17-16-8-6-5-7-15(16)9-10-18(17)19(20)12-14-21(20,22)4-2/h2,6-8,17-19,22H,3,9-14H2,1H3/t17-,18-,19+,20+,21+/m1/s1. The molecular formula is C21H25O. The van der Waals surface area contributed by atoms with E-state index >= 15 is 0 Å². The van der Waals surface area contributed by atoms with Crippen molar-refractivity contribution in [3.63, 3.8) is 0 Å². The Morgan fingerprint density at radius 1 is 1.36 bits per heavy atom. The minimum atomic E-state index is -0.873. The molecule has 0 aromatic heterocycles. The van der Waals surface area contributed by atoms with Crippen LogP contribution in [0, 0.1) is 35.7 Å². The first-order valence-corrected chi connectivity index (χ1v) is 8.84. The molecule has 0 unspecified atom stereocenters. The summed E-state index contributed by atoms with van der Waals surface area (Å²) in [7, 11) is 0. The van der Waals surface area contributed by atoms with E-state index in [1.165, 1.54) is 24.8 Å².